The Labute approximate surface area is 106 Å². The predicted molar refractivity (Wildman–Crippen MR) is 62.2 cm³/mol. The minimum atomic E-state index is -1.37. The average Bonchev–Trinajstić information content (AvgIpc) is 2.67. The van der Waals surface area contributed by atoms with Gasteiger partial charge in [-0.05, 0) is 0 Å². The molecule has 2 heterocycles. The maximum atomic E-state index is 12.0. The molecular formula is C10H15N3O6. The highest BCUT2D eigenvalue weighted by atomic mass is 16.6. The molecule has 6 N–H and O–H groups in total. The van der Waals surface area contributed by atoms with Crippen molar-refractivity contribution in [3.8, 4) is 0 Å². The quantitative estimate of drug-likeness (QED) is 0.385. The second kappa shape index (κ2) is 5.23. The molecular weight excluding hydrogens is 258 g/mol. The highest BCUT2D eigenvalue weighted by molar-refractivity contribution is 5.14. The third kappa shape index (κ3) is 2.22. The van der Waals surface area contributed by atoms with Crippen molar-refractivity contribution in [1.82, 2.24) is 9.55 Å². The van der Waals surface area contributed by atoms with Crippen molar-refractivity contribution >= 4 is 0 Å². The number of aliphatic hydroxyl groups is 3. The van der Waals surface area contributed by atoms with Crippen LogP contribution in [0.1, 0.15) is 11.7 Å². The van der Waals surface area contributed by atoms with Crippen molar-refractivity contribution in [2.45, 2.75) is 31.1 Å². The summed E-state index contributed by atoms with van der Waals surface area (Å²) in [4.78, 5) is 25.6. The minimum absolute atomic E-state index is 0.0347. The lowest BCUT2D eigenvalue weighted by Gasteiger charge is -2.14. The van der Waals surface area contributed by atoms with Gasteiger partial charge in [-0.15, -0.1) is 0 Å². The summed E-state index contributed by atoms with van der Waals surface area (Å²) in [6, 6.07) is 0. The van der Waals surface area contributed by atoms with Crippen molar-refractivity contribution in [2.75, 3.05) is 6.61 Å². The lowest BCUT2D eigenvalue weighted by Crippen LogP contribution is -2.41. The SMILES string of the molecule is NCn1c(=O)[nH]cc([C@@H]2O[C@H](CO)[C@@H](O)[C@H]2O)c1=O. The molecule has 9 heteroatoms. The largest absolute Gasteiger partial charge is 0.394 e. The predicted octanol–water partition coefficient (Wildman–Crippen LogP) is -3.39. The first kappa shape index (κ1) is 13.9. The Morgan fingerprint density at radius 2 is 2.05 bits per heavy atom. The molecule has 1 aliphatic rings. The van der Waals surface area contributed by atoms with Crippen LogP contribution in [0.5, 0.6) is 0 Å². The number of ether oxygens (including phenoxy) is 1. The van der Waals surface area contributed by atoms with E-state index in [1.165, 1.54) is 0 Å². The number of H-pyrrole nitrogens is 1. The van der Waals surface area contributed by atoms with E-state index in [-0.39, 0.29) is 12.2 Å². The summed E-state index contributed by atoms with van der Waals surface area (Å²) in [5, 5.41) is 28.4. The van der Waals surface area contributed by atoms with Crippen LogP contribution in [0, 0.1) is 0 Å². The fourth-order valence-corrected chi connectivity index (χ4v) is 2.05. The summed E-state index contributed by atoms with van der Waals surface area (Å²) in [5.74, 6) is 0. The van der Waals surface area contributed by atoms with Crippen LogP contribution >= 0.6 is 0 Å². The van der Waals surface area contributed by atoms with Crippen LogP contribution in [0.25, 0.3) is 0 Å². The molecule has 1 saturated heterocycles. The monoisotopic (exact) mass is 273 g/mol. The number of nitrogens with one attached hydrogen (secondary N) is 1. The molecule has 1 aromatic rings. The lowest BCUT2D eigenvalue weighted by atomic mass is 10.0. The van der Waals surface area contributed by atoms with Gasteiger partial charge in [0, 0.05) is 6.20 Å². The van der Waals surface area contributed by atoms with Crippen LogP contribution < -0.4 is 17.0 Å². The van der Waals surface area contributed by atoms with Crippen molar-refractivity contribution in [2.24, 2.45) is 5.73 Å². The summed E-state index contributed by atoms with van der Waals surface area (Å²) < 4.78 is 5.96. The number of aliphatic hydroxyl groups excluding tert-OH is 3. The highest BCUT2D eigenvalue weighted by Crippen LogP contribution is 2.31. The molecule has 1 aromatic heterocycles. The Bertz CT molecular complexity index is 567. The second-order valence-electron chi connectivity index (χ2n) is 4.22. The average molecular weight is 273 g/mol. The smallest absolute Gasteiger partial charge is 0.329 e. The van der Waals surface area contributed by atoms with E-state index in [1.54, 1.807) is 0 Å². The van der Waals surface area contributed by atoms with Gasteiger partial charge in [-0.2, -0.15) is 0 Å². The van der Waals surface area contributed by atoms with Gasteiger partial charge < -0.3 is 30.8 Å². The molecule has 0 amide bonds. The summed E-state index contributed by atoms with van der Waals surface area (Å²) in [7, 11) is 0. The van der Waals surface area contributed by atoms with Gasteiger partial charge in [-0.3, -0.25) is 4.79 Å². The fourth-order valence-electron chi connectivity index (χ4n) is 2.05. The maximum Gasteiger partial charge on any atom is 0.329 e. The van der Waals surface area contributed by atoms with Gasteiger partial charge in [0.05, 0.1) is 18.8 Å². The van der Waals surface area contributed by atoms with Crippen molar-refractivity contribution in [3.63, 3.8) is 0 Å². The van der Waals surface area contributed by atoms with E-state index in [1.807, 2.05) is 0 Å². The number of rotatable bonds is 3. The van der Waals surface area contributed by atoms with Crippen LogP contribution in [0.2, 0.25) is 0 Å². The third-order valence-corrected chi connectivity index (χ3v) is 3.12. The van der Waals surface area contributed by atoms with Crippen LogP contribution in [0.3, 0.4) is 0 Å². The maximum absolute atomic E-state index is 12.0. The molecule has 0 aromatic carbocycles. The van der Waals surface area contributed by atoms with E-state index in [2.05, 4.69) is 4.98 Å². The third-order valence-electron chi connectivity index (χ3n) is 3.12. The topological polar surface area (TPSA) is 151 Å². The van der Waals surface area contributed by atoms with Crippen LogP contribution in [0.4, 0.5) is 0 Å². The molecule has 19 heavy (non-hydrogen) atoms. The van der Waals surface area contributed by atoms with Crippen molar-refractivity contribution < 1.29 is 20.1 Å². The molecule has 2 rings (SSSR count). The molecule has 0 unspecified atom stereocenters. The Kier molecular flexibility index (Phi) is 3.83. The number of nitrogens with two attached hydrogens (primary N) is 1. The molecule has 0 aliphatic carbocycles. The fraction of sp³-hybridized carbons (Fsp3) is 0.600. The first-order valence-electron chi connectivity index (χ1n) is 5.66. The Hall–Kier alpha value is -1.52. The standard InChI is InChI=1S/C10H15N3O6/c11-3-13-9(17)4(1-12-10(13)18)8-7(16)6(15)5(2-14)19-8/h1,5-8,14-16H,2-3,11H2,(H,12,18)/t5-,6-,7-,8+/m1/s1. The van der Waals surface area contributed by atoms with E-state index in [4.69, 9.17) is 15.6 Å². The summed E-state index contributed by atoms with van der Waals surface area (Å²) >= 11 is 0. The van der Waals surface area contributed by atoms with Crippen molar-refractivity contribution in [1.29, 1.82) is 0 Å². The zero-order valence-corrected chi connectivity index (χ0v) is 9.89. The van der Waals surface area contributed by atoms with Gasteiger partial charge in [0.1, 0.15) is 24.4 Å². The number of aromatic amines is 1. The Morgan fingerprint density at radius 1 is 1.37 bits per heavy atom. The normalized spacial score (nSPS) is 30.7. The van der Waals surface area contributed by atoms with Gasteiger partial charge in [-0.1, -0.05) is 0 Å². The molecule has 1 fully saturated rings. The lowest BCUT2D eigenvalue weighted by molar-refractivity contribution is -0.0233. The molecule has 0 saturated carbocycles. The number of nitrogens with zero attached hydrogens (tertiary/aromatic N) is 1. The molecule has 0 bridgehead atoms. The summed E-state index contributed by atoms with van der Waals surface area (Å²) in [6.07, 6.45) is -3.70. The Morgan fingerprint density at radius 3 is 2.58 bits per heavy atom. The summed E-state index contributed by atoms with van der Waals surface area (Å²) in [5.41, 5.74) is 3.86. The van der Waals surface area contributed by atoms with E-state index in [0.29, 0.717) is 0 Å². The zero-order valence-electron chi connectivity index (χ0n) is 9.89. The number of hydrogen-bond donors (Lipinski definition) is 5. The molecule has 9 nitrogen and oxygen atoms in total. The van der Waals surface area contributed by atoms with E-state index < -0.39 is 42.3 Å². The van der Waals surface area contributed by atoms with Crippen LogP contribution in [-0.2, 0) is 11.4 Å². The summed E-state index contributed by atoms with van der Waals surface area (Å²) in [6.45, 7) is -0.819. The molecule has 0 radical (unpaired) electrons. The van der Waals surface area contributed by atoms with Crippen molar-refractivity contribution in [3.05, 3.63) is 32.6 Å². The minimum Gasteiger partial charge on any atom is -0.394 e. The van der Waals surface area contributed by atoms with E-state index in [9.17, 15) is 19.8 Å². The zero-order chi connectivity index (χ0) is 14.2. The van der Waals surface area contributed by atoms with Gasteiger partial charge in [0.2, 0.25) is 0 Å². The van der Waals surface area contributed by atoms with E-state index >= 15 is 0 Å². The van der Waals surface area contributed by atoms with Gasteiger partial charge in [0.15, 0.2) is 0 Å². The number of aromatic nitrogens is 2. The number of hydrogen-bond acceptors (Lipinski definition) is 7. The van der Waals surface area contributed by atoms with Crippen LogP contribution in [-0.4, -0.2) is 49.8 Å². The second-order valence-corrected chi connectivity index (χ2v) is 4.22. The Balaban J connectivity index is 2.44. The molecule has 4 atom stereocenters. The van der Waals surface area contributed by atoms with Gasteiger partial charge >= 0.3 is 5.69 Å². The highest BCUT2D eigenvalue weighted by Gasteiger charge is 2.44. The van der Waals surface area contributed by atoms with Gasteiger partial charge in [0.25, 0.3) is 5.56 Å². The van der Waals surface area contributed by atoms with E-state index in [0.717, 1.165) is 10.8 Å². The molecule has 106 valence electrons. The molecule has 1 aliphatic heterocycles. The first-order chi connectivity index (χ1) is 9.01. The first-order valence-corrected chi connectivity index (χ1v) is 5.66. The molecule has 0 spiro atoms. The van der Waals surface area contributed by atoms with Gasteiger partial charge in [-0.25, -0.2) is 9.36 Å². The van der Waals surface area contributed by atoms with Crippen LogP contribution in [0.15, 0.2) is 15.8 Å².